The third-order valence-corrected chi connectivity index (χ3v) is 4.02. The first-order chi connectivity index (χ1) is 10.6. The number of methoxy groups -OCH3 is 2. The van der Waals surface area contributed by atoms with E-state index in [0.29, 0.717) is 22.4 Å². The molecule has 22 heavy (non-hydrogen) atoms. The monoisotopic (exact) mass is 303 g/mol. The van der Waals surface area contributed by atoms with Crippen molar-refractivity contribution in [2.75, 3.05) is 20.8 Å². The number of carbonyl (C=O) groups is 1. The third kappa shape index (κ3) is 2.41. The maximum atomic E-state index is 11.8. The predicted molar refractivity (Wildman–Crippen MR) is 80.3 cm³/mol. The van der Waals surface area contributed by atoms with Gasteiger partial charge in [-0.3, -0.25) is 9.59 Å². The summed E-state index contributed by atoms with van der Waals surface area (Å²) in [5.41, 5.74) is 0.0248. The summed E-state index contributed by atoms with van der Waals surface area (Å²) in [6.07, 6.45) is 3.09. The minimum Gasteiger partial charge on any atom is -0.493 e. The van der Waals surface area contributed by atoms with Crippen LogP contribution in [0.4, 0.5) is 0 Å². The van der Waals surface area contributed by atoms with Gasteiger partial charge in [-0.25, -0.2) is 0 Å². The summed E-state index contributed by atoms with van der Waals surface area (Å²) in [4.78, 5) is 26.6. The molecule has 6 nitrogen and oxygen atoms in total. The lowest BCUT2D eigenvalue weighted by Gasteiger charge is -2.16. The smallest absolute Gasteiger partial charge is 0.315 e. The summed E-state index contributed by atoms with van der Waals surface area (Å²) in [6, 6.07) is 4.81. The minimum absolute atomic E-state index is 0.0909. The molecule has 0 amide bonds. The van der Waals surface area contributed by atoms with Crippen LogP contribution in [0.1, 0.15) is 12.8 Å². The molecule has 1 aliphatic carbocycles. The number of carbonyl (C=O) groups excluding carboxylic acids is 1. The molecule has 0 radical (unpaired) electrons. The predicted octanol–water partition coefficient (Wildman–Crippen LogP) is 1.87. The molecule has 0 atom stereocenters. The van der Waals surface area contributed by atoms with Crippen molar-refractivity contribution in [3.63, 3.8) is 0 Å². The van der Waals surface area contributed by atoms with Crippen LogP contribution in [-0.4, -0.2) is 31.8 Å². The zero-order valence-electron chi connectivity index (χ0n) is 12.5. The Labute approximate surface area is 127 Å². The molecule has 1 N–H and O–H groups in total. The van der Waals surface area contributed by atoms with E-state index >= 15 is 0 Å². The maximum absolute atomic E-state index is 11.8. The lowest BCUT2D eigenvalue weighted by Crippen LogP contribution is -2.24. The second kappa shape index (κ2) is 5.36. The molecule has 3 rings (SSSR count). The van der Waals surface area contributed by atoms with E-state index in [-0.39, 0.29) is 18.0 Å². The van der Waals surface area contributed by atoms with Crippen LogP contribution in [0.15, 0.2) is 29.2 Å². The number of benzene rings is 1. The normalized spacial score (nSPS) is 15.4. The Morgan fingerprint density at radius 2 is 2.05 bits per heavy atom. The van der Waals surface area contributed by atoms with Crippen LogP contribution >= 0.6 is 0 Å². The summed E-state index contributed by atoms with van der Waals surface area (Å²) in [5.74, 6) is 0.706. The maximum Gasteiger partial charge on any atom is 0.315 e. The Balaban J connectivity index is 1.90. The van der Waals surface area contributed by atoms with Crippen LogP contribution in [0, 0.1) is 5.41 Å². The molecule has 0 bridgehead atoms. The number of pyridine rings is 1. The van der Waals surface area contributed by atoms with Crippen LogP contribution in [0.2, 0.25) is 0 Å². The molecule has 1 aromatic heterocycles. The summed E-state index contributed by atoms with van der Waals surface area (Å²) >= 11 is 0. The Morgan fingerprint density at radius 1 is 1.27 bits per heavy atom. The van der Waals surface area contributed by atoms with Crippen molar-refractivity contribution in [2.24, 2.45) is 5.41 Å². The van der Waals surface area contributed by atoms with E-state index in [1.807, 2.05) is 0 Å². The number of ether oxygens (including phenoxy) is 3. The van der Waals surface area contributed by atoms with E-state index in [9.17, 15) is 9.59 Å². The summed E-state index contributed by atoms with van der Waals surface area (Å²) in [7, 11) is 2.89. The molecular formula is C16H17NO5. The molecule has 1 heterocycles. The SMILES string of the molecule is COC(=O)C1(COc2cc3[nH]ccc(=O)c3cc2OC)CC1. The fourth-order valence-corrected chi connectivity index (χ4v) is 2.44. The lowest BCUT2D eigenvalue weighted by molar-refractivity contribution is -0.148. The lowest BCUT2D eigenvalue weighted by atomic mass is 10.1. The molecule has 0 aliphatic heterocycles. The average Bonchev–Trinajstić information content (AvgIpc) is 3.33. The molecule has 116 valence electrons. The number of hydrogen-bond acceptors (Lipinski definition) is 5. The van der Waals surface area contributed by atoms with Crippen LogP contribution in [-0.2, 0) is 9.53 Å². The number of hydrogen-bond donors (Lipinski definition) is 1. The highest BCUT2D eigenvalue weighted by Crippen LogP contribution is 2.47. The van der Waals surface area contributed by atoms with Crippen LogP contribution in [0.3, 0.4) is 0 Å². The van der Waals surface area contributed by atoms with Gasteiger partial charge in [-0.2, -0.15) is 0 Å². The molecule has 6 heteroatoms. The van der Waals surface area contributed by atoms with Crippen molar-refractivity contribution in [3.8, 4) is 11.5 Å². The van der Waals surface area contributed by atoms with Crippen molar-refractivity contribution < 1.29 is 19.0 Å². The first-order valence-electron chi connectivity index (χ1n) is 7.00. The van der Waals surface area contributed by atoms with E-state index in [1.165, 1.54) is 20.3 Å². The molecule has 1 aromatic carbocycles. The van der Waals surface area contributed by atoms with Gasteiger partial charge in [0.15, 0.2) is 16.9 Å². The number of nitrogens with one attached hydrogen (secondary N) is 1. The standard InChI is InChI=1S/C16H17NO5/c1-20-13-7-10-11(17-6-3-12(10)18)8-14(13)22-9-16(4-5-16)15(19)21-2/h3,6-8H,4-5,9H2,1-2H3,(H,17,18). The fraction of sp³-hybridized carbons (Fsp3) is 0.375. The Kier molecular flexibility index (Phi) is 3.52. The van der Waals surface area contributed by atoms with E-state index < -0.39 is 5.41 Å². The van der Waals surface area contributed by atoms with Gasteiger partial charge < -0.3 is 19.2 Å². The van der Waals surface area contributed by atoms with Gasteiger partial charge >= 0.3 is 5.97 Å². The van der Waals surface area contributed by atoms with E-state index in [1.54, 1.807) is 18.3 Å². The molecule has 2 aromatic rings. The van der Waals surface area contributed by atoms with Crippen LogP contribution in [0.5, 0.6) is 11.5 Å². The molecule has 0 saturated heterocycles. The molecular weight excluding hydrogens is 286 g/mol. The molecule has 1 aliphatic rings. The van der Waals surface area contributed by atoms with Crippen LogP contribution in [0.25, 0.3) is 10.9 Å². The summed E-state index contributed by atoms with van der Waals surface area (Å²) in [6.45, 7) is 0.235. The number of fused-ring (bicyclic) bond motifs is 1. The zero-order valence-corrected chi connectivity index (χ0v) is 12.5. The van der Waals surface area contributed by atoms with Gasteiger partial charge in [0, 0.05) is 23.7 Å². The third-order valence-electron chi connectivity index (χ3n) is 4.02. The average molecular weight is 303 g/mol. The number of aromatic amines is 1. The minimum atomic E-state index is -0.543. The van der Waals surface area contributed by atoms with Crippen molar-refractivity contribution in [1.82, 2.24) is 4.98 Å². The van der Waals surface area contributed by atoms with Gasteiger partial charge in [0.05, 0.1) is 19.7 Å². The second-order valence-corrected chi connectivity index (χ2v) is 5.45. The van der Waals surface area contributed by atoms with Gasteiger partial charge in [0.2, 0.25) is 0 Å². The Hall–Kier alpha value is -2.50. The summed E-state index contributed by atoms with van der Waals surface area (Å²) in [5, 5.41) is 0.529. The number of rotatable bonds is 5. The summed E-state index contributed by atoms with van der Waals surface area (Å²) < 4.78 is 15.9. The van der Waals surface area contributed by atoms with Crippen molar-refractivity contribution in [2.45, 2.75) is 12.8 Å². The molecule has 1 saturated carbocycles. The first-order valence-corrected chi connectivity index (χ1v) is 7.00. The second-order valence-electron chi connectivity index (χ2n) is 5.45. The van der Waals surface area contributed by atoms with Crippen LogP contribution < -0.4 is 14.9 Å². The zero-order chi connectivity index (χ0) is 15.7. The Morgan fingerprint density at radius 3 is 2.68 bits per heavy atom. The van der Waals surface area contributed by atoms with Gasteiger partial charge in [0.25, 0.3) is 0 Å². The van der Waals surface area contributed by atoms with Crippen molar-refractivity contribution in [1.29, 1.82) is 0 Å². The van der Waals surface area contributed by atoms with Gasteiger partial charge in [-0.15, -0.1) is 0 Å². The highest BCUT2D eigenvalue weighted by atomic mass is 16.5. The molecule has 0 spiro atoms. The Bertz CT molecular complexity index is 776. The fourth-order valence-electron chi connectivity index (χ4n) is 2.44. The first kappa shape index (κ1) is 14.4. The van der Waals surface area contributed by atoms with Crippen molar-refractivity contribution in [3.05, 3.63) is 34.6 Å². The van der Waals surface area contributed by atoms with Gasteiger partial charge in [-0.05, 0) is 18.9 Å². The number of esters is 1. The van der Waals surface area contributed by atoms with E-state index in [4.69, 9.17) is 14.2 Å². The topological polar surface area (TPSA) is 77.6 Å². The highest BCUT2D eigenvalue weighted by molar-refractivity contribution is 5.82. The van der Waals surface area contributed by atoms with Gasteiger partial charge in [-0.1, -0.05) is 0 Å². The highest BCUT2D eigenvalue weighted by Gasteiger charge is 2.52. The quantitative estimate of drug-likeness (QED) is 0.853. The van der Waals surface area contributed by atoms with E-state index in [0.717, 1.165) is 12.8 Å². The van der Waals surface area contributed by atoms with Crippen molar-refractivity contribution >= 4 is 16.9 Å². The van der Waals surface area contributed by atoms with E-state index in [2.05, 4.69) is 4.98 Å². The van der Waals surface area contributed by atoms with Gasteiger partial charge in [0.1, 0.15) is 12.0 Å². The number of aromatic nitrogens is 1. The molecule has 0 unspecified atom stereocenters. The molecule has 1 fully saturated rings. The largest absolute Gasteiger partial charge is 0.493 e. The number of H-pyrrole nitrogens is 1.